The fraction of sp³-hybridized carbons (Fsp3) is 0.500. The molecule has 0 bridgehead atoms. The normalized spacial score (nSPS) is 16.7. The minimum Gasteiger partial charge on any atom is -0.364 e. The minimum atomic E-state index is -0.335. The van der Waals surface area contributed by atoms with Gasteiger partial charge in [0.25, 0.3) is 5.91 Å². The van der Waals surface area contributed by atoms with Gasteiger partial charge in [0.2, 0.25) is 11.9 Å². The summed E-state index contributed by atoms with van der Waals surface area (Å²) < 4.78 is 0. The van der Waals surface area contributed by atoms with Crippen LogP contribution in [-0.4, -0.2) is 57.9 Å². The van der Waals surface area contributed by atoms with Crippen molar-refractivity contribution in [2.75, 3.05) is 29.9 Å². The first-order valence-corrected chi connectivity index (χ1v) is 11.8. The van der Waals surface area contributed by atoms with Crippen LogP contribution in [-0.2, 0) is 17.8 Å². The van der Waals surface area contributed by atoms with Gasteiger partial charge in [-0.2, -0.15) is 4.98 Å². The highest BCUT2D eigenvalue weighted by Crippen LogP contribution is 2.32. The Kier molecular flexibility index (Phi) is 6.47. The van der Waals surface area contributed by atoms with Crippen LogP contribution in [0.15, 0.2) is 24.3 Å². The zero-order valence-corrected chi connectivity index (χ0v) is 20.4. The number of nitrogens with one attached hydrogen (secondary N) is 2. The molecule has 1 fully saturated rings. The van der Waals surface area contributed by atoms with E-state index in [-0.39, 0.29) is 23.4 Å². The van der Waals surface area contributed by atoms with Crippen molar-refractivity contribution < 1.29 is 9.59 Å². The summed E-state index contributed by atoms with van der Waals surface area (Å²) in [6.45, 7) is 10.3. The molecule has 9 heteroatoms. The number of anilines is 2. The molecule has 2 aliphatic rings. The van der Waals surface area contributed by atoms with Gasteiger partial charge in [0, 0.05) is 48.2 Å². The van der Waals surface area contributed by atoms with Crippen LogP contribution >= 0.6 is 11.6 Å². The van der Waals surface area contributed by atoms with Crippen LogP contribution in [0.2, 0.25) is 5.02 Å². The van der Waals surface area contributed by atoms with Crippen LogP contribution in [0.5, 0.6) is 0 Å². The first-order valence-electron chi connectivity index (χ1n) is 11.4. The molecule has 2 N–H and O–H groups in total. The third-order valence-electron chi connectivity index (χ3n) is 6.02. The van der Waals surface area contributed by atoms with Crippen molar-refractivity contribution in [3.8, 4) is 0 Å². The Morgan fingerprint density at radius 2 is 1.88 bits per heavy atom. The Bertz CT molecular complexity index is 1050. The van der Waals surface area contributed by atoms with Gasteiger partial charge in [0.15, 0.2) is 0 Å². The molecule has 0 aliphatic carbocycles. The number of benzene rings is 1. The third-order valence-corrected chi connectivity index (χ3v) is 6.27. The topological polar surface area (TPSA) is 90.5 Å². The van der Waals surface area contributed by atoms with E-state index < -0.39 is 0 Å². The zero-order valence-electron chi connectivity index (χ0n) is 19.6. The summed E-state index contributed by atoms with van der Waals surface area (Å²) in [4.78, 5) is 38.3. The van der Waals surface area contributed by atoms with Crippen LogP contribution in [0.4, 0.5) is 11.8 Å². The molecule has 1 saturated heterocycles. The predicted octanol–water partition coefficient (Wildman–Crippen LogP) is 3.25. The quantitative estimate of drug-likeness (QED) is 0.673. The molecule has 0 unspecified atom stereocenters. The molecule has 8 nitrogen and oxygen atoms in total. The van der Waals surface area contributed by atoms with Crippen LogP contribution in [0.25, 0.3) is 0 Å². The number of nitrogens with zero attached hydrogens (tertiary/aromatic N) is 4. The Balaban J connectivity index is 1.67. The number of amides is 2. The molecule has 0 saturated carbocycles. The van der Waals surface area contributed by atoms with Crippen molar-refractivity contribution in [1.29, 1.82) is 0 Å². The summed E-state index contributed by atoms with van der Waals surface area (Å²) in [7, 11) is 0. The van der Waals surface area contributed by atoms with E-state index in [1.165, 1.54) is 0 Å². The number of carbonyl (C=O) groups excluding carboxylic acids is 2. The molecule has 2 amide bonds. The van der Waals surface area contributed by atoms with Gasteiger partial charge in [0.05, 0.1) is 6.54 Å². The largest absolute Gasteiger partial charge is 0.364 e. The smallest absolute Gasteiger partial charge is 0.273 e. The van der Waals surface area contributed by atoms with Gasteiger partial charge in [-0.15, -0.1) is 0 Å². The average molecular weight is 471 g/mol. The van der Waals surface area contributed by atoms with Crippen LogP contribution in [0.1, 0.15) is 55.7 Å². The molecule has 1 aromatic carbocycles. The van der Waals surface area contributed by atoms with Gasteiger partial charge in [-0.3, -0.25) is 9.59 Å². The second-order valence-electron chi connectivity index (χ2n) is 9.63. The highest BCUT2D eigenvalue weighted by atomic mass is 35.5. The number of aromatic nitrogens is 2. The van der Waals surface area contributed by atoms with Gasteiger partial charge >= 0.3 is 0 Å². The van der Waals surface area contributed by atoms with Gasteiger partial charge < -0.3 is 20.4 Å². The van der Waals surface area contributed by atoms with E-state index >= 15 is 0 Å². The van der Waals surface area contributed by atoms with E-state index in [0.29, 0.717) is 55.1 Å². The van der Waals surface area contributed by atoms with Crippen LogP contribution in [0.3, 0.4) is 0 Å². The molecule has 0 radical (unpaired) electrons. The lowest BCUT2D eigenvalue weighted by Gasteiger charge is -2.29. The lowest BCUT2D eigenvalue weighted by Crippen LogP contribution is -2.35. The average Bonchev–Trinajstić information content (AvgIpc) is 2.93. The van der Waals surface area contributed by atoms with Gasteiger partial charge in [-0.1, -0.05) is 23.7 Å². The number of halogens is 1. The second-order valence-corrected chi connectivity index (χ2v) is 10.1. The van der Waals surface area contributed by atoms with Gasteiger partial charge in [0.1, 0.15) is 11.5 Å². The SMILES string of the molecule is CC(C)N1Cc2c(NC(C)(C)Cc3ccc(Cl)cc3)nc(N3CCNC(=O)CC3)nc2C1=O. The van der Waals surface area contributed by atoms with E-state index in [4.69, 9.17) is 16.6 Å². The van der Waals surface area contributed by atoms with E-state index in [0.717, 1.165) is 17.5 Å². The highest BCUT2D eigenvalue weighted by molar-refractivity contribution is 6.30. The van der Waals surface area contributed by atoms with Crippen molar-refractivity contribution in [2.24, 2.45) is 0 Å². The molecule has 0 atom stereocenters. The van der Waals surface area contributed by atoms with Crippen molar-refractivity contribution in [3.05, 3.63) is 46.1 Å². The maximum Gasteiger partial charge on any atom is 0.273 e. The van der Waals surface area contributed by atoms with Gasteiger partial charge in [-0.25, -0.2) is 4.98 Å². The number of fused-ring (bicyclic) bond motifs is 1. The van der Waals surface area contributed by atoms with E-state index in [9.17, 15) is 9.59 Å². The summed E-state index contributed by atoms with van der Waals surface area (Å²) in [6, 6.07) is 7.88. The van der Waals surface area contributed by atoms with E-state index in [1.807, 2.05) is 47.9 Å². The van der Waals surface area contributed by atoms with E-state index in [1.54, 1.807) is 0 Å². The predicted molar refractivity (Wildman–Crippen MR) is 130 cm³/mol. The lowest BCUT2D eigenvalue weighted by molar-refractivity contribution is -0.120. The van der Waals surface area contributed by atoms with Crippen LogP contribution in [0, 0.1) is 0 Å². The molecule has 2 aliphatic heterocycles. The monoisotopic (exact) mass is 470 g/mol. The van der Waals surface area contributed by atoms with E-state index in [2.05, 4.69) is 29.5 Å². The molecule has 0 spiro atoms. The fourth-order valence-corrected chi connectivity index (χ4v) is 4.41. The molecular formula is C24H31ClN6O2. The maximum absolute atomic E-state index is 13.1. The molecule has 176 valence electrons. The van der Waals surface area contributed by atoms with Crippen molar-refractivity contribution in [3.63, 3.8) is 0 Å². The lowest BCUT2D eigenvalue weighted by atomic mass is 9.94. The van der Waals surface area contributed by atoms with Crippen molar-refractivity contribution in [1.82, 2.24) is 20.2 Å². The molecule has 33 heavy (non-hydrogen) atoms. The molecule has 3 heterocycles. The highest BCUT2D eigenvalue weighted by Gasteiger charge is 2.36. The molecule has 1 aromatic heterocycles. The maximum atomic E-state index is 13.1. The molecule has 4 rings (SSSR count). The van der Waals surface area contributed by atoms with Crippen molar-refractivity contribution >= 4 is 35.2 Å². The number of hydrogen-bond acceptors (Lipinski definition) is 6. The summed E-state index contributed by atoms with van der Waals surface area (Å²) in [5.41, 5.74) is 2.09. The third kappa shape index (κ3) is 5.21. The number of hydrogen-bond donors (Lipinski definition) is 2. The Labute approximate surface area is 199 Å². The van der Waals surface area contributed by atoms with Crippen LogP contribution < -0.4 is 15.5 Å². The number of carbonyl (C=O) groups is 2. The summed E-state index contributed by atoms with van der Waals surface area (Å²) in [6.07, 6.45) is 1.12. The standard InChI is InChI=1S/C24H31ClN6O2/c1-15(2)31-14-18-20(22(31)33)27-23(30-11-9-19(32)26-10-12-30)28-21(18)29-24(3,4)13-16-5-7-17(25)8-6-16/h5-8,15H,9-14H2,1-4H3,(H,26,32)(H,27,28,29). The van der Waals surface area contributed by atoms with Gasteiger partial charge in [-0.05, 0) is 51.8 Å². The molecule has 2 aromatic rings. The first-order chi connectivity index (χ1) is 15.6. The van der Waals surface area contributed by atoms with Crippen molar-refractivity contribution in [2.45, 2.75) is 58.7 Å². The Hall–Kier alpha value is -2.87. The first kappa shape index (κ1) is 23.3. The molecular weight excluding hydrogens is 440 g/mol. The second kappa shape index (κ2) is 9.17. The Morgan fingerprint density at radius 1 is 1.15 bits per heavy atom. The summed E-state index contributed by atoms with van der Waals surface area (Å²) >= 11 is 6.04. The summed E-state index contributed by atoms with van der Waals surface area (Å²) in [5, 5.41) is 7.18. The zero-order chi connectivity index (χ0) is 23.8. The Morgan fingerprint density at radius 3 is 2.58 bits per heavy atom. The fourth-order valence-electron chi connectivity index (χ4n) is 4.28. The minimum absolute atomic E-state index is 0.0168. The number of rotatable bonds is 6. The summed E-state index contributed by atoms with van der Waals surface area (Å²) in [5.74, 6) is 1.09.